The van der Waals surface area contributed by atoms with E-state index in [-0.39, 0.29) is 0 Å². The monoisotopic (exact) mass is 900 g/mol. The van der Waals surface area contributed by atoms with E-state index in [0.29, 0.717) is 49.5 Å². The summed E-state index contributed by atoms with van der Waals surface area (Å²) in [6, 6.07) is 34.3. The highest BCUT2D eigenvalue weighted by Crippen LogP contribution is 2.32. The number of para-hydroxylation sites is 2. The molecule has 64 heavy (non-hydrogen) atoms. The van der Waals surface area contributed by atoms with Gasteiger partial charge in [0, 0.05) is 48.7 Å². The van der Waals surface area contributed by atoms with Crippen molar-refractivity contribution in [1.82, 2.24) is 44.9 Å². The SMILES string of the molecule is NNC(=O)Nc1ccc(-c2nc(N3CCOCC3)c3cnn(-c4ccccc4)c3n2)cc1.Nc1ccc(-c2nc(N3CCOCC3)c3cnn(-c4ccccc4)c3n2)cc1.O=C(Cl)Cl. The van der Waals surface area contributed by atoms with E-state index in [9.17, 15) is 4.79 Å². The highest BCUT2D eigenvalue weighted by Gasteiger charge is 2.23. The van der Waals surface area contributed by atoms with Crippen LogP contribution in [0.4, 0.5) is 32.6 Å². The number of amides is 2. The van der Waals surface area contributed by atoms with Crippen LogP contribution in [0, 0.1) is 0 Å². The number of morpholine rings is 2. The molecule has 6 N–H and O–H groups in total. The number of carbonyl (C=O) groups excluding carboxylic acids is 2. The zero-order valence-electron chi connectivity index (χ0n) is 34.2. The van der Waals surface area contributed by atoms with Crippen molar-refractivity contribution in [2.75, 3.05) is 73.5 Å². The number of benzene rings is 4. The molecule has 2 aliphatic heterocycles. The maximum absolute atomic E-state index is 11.4. The van der Waals surface area contributed by atoms with Crippen LogP contribution in [0.5, 0.6) is 0 Å². The number of nitrogen functional groups attached to an aromatic ring is 1. The minimum atomic E-state index is -0.889. The summed E-state index contributed by atoms with van der Waals surface area (Å²) in [7, 11) is 0. The Morgan fingerprint density at radius 1 is 0.578 bits per heavy atom. The molecule has 0 aliphatic carbocycles. The largest absolute Gasteiger partial charge is 0.399 e. The molecule has 2 fully saturated rings. The molecule has 18 nitrogen and oxygen atoms in total. The number of fused-ring (bicyclic) bond motifs is 2. The lowest BCUT2D eigenvalue weighted by atomic mass is 10.2. The van der Waals surface area contributed by atoms with Gasteiger partial charge in [0.2, 0.25) is 0 Å². The van der Waals surface area contributed by atoms with Crippen molar-refractivity contribution in [3.05, 3.63) is 122 Å². The van der Waals surface area contributed by atoms with Crippen LogP contribution in [0.2, 0.25) is 0 Å². The minimum Gasteiger partial charge on any atom is -0.399 e. The topological polar surface area (TPSA) is 222 Å². The molecule has 0 spiro atoms. The summed E-state index contributed by atoms with van der Waals surface area (Å²) in [6.07, 6.45) is 3.66. The van der Waals surface area contributed by atoms with Gasteiger partial charge in [-0.05, 0) is 96.0 Å². The average Bonchev–Trinajstić information content (AvgIpc) is 3.98. The molecule has 0 unspecified atom stereocenters. The van der Waals surface area contributed by atoms with Gasteiger partial charge in [-0.1, -0.05) is 36.4 Å². The second-order valence-corrected chi connectivity index (χ2v) is 15.1. The van der Waals surface area contributed by atoms with Gasteiger partial charge in [0.1, 0.15) is 11.6 Å². The van der Waals surface area contributed by atoms with Gasteiger partial charge in [-0.2, -0.15) is 10.2 Å². The van der Waals surface area contributed by atoms with E-state index in [1.165, 1.54) is 0 Å². The Morgan fingerprint density at radius 2 is 0.984 bits per heavy atom. The van der Waals surface area contributed by atoms with Crippen LogP contribution in [-0.4, -0.2) is 103 Å². The van der Waals surface area contributed by atoms with Gasteiger partial charge < -0.3 is 30.3 Å². The third-order valence-corrected chi connectivity index (χ3v) is 10.1. The third-order valence-electron chi connectivity index (χ3n) is 10.1. The third kappa shape index (κ3) is 10.2. The predicted octanol–water partition coefficient (Wildman–Crippen LogP) is 6.80. The van der Waals surface area contributed by atoms with E-state index in [1.807, 2.05) is 124 Å². The number of nitrogens with two attached hydrogens (primary N) is 2. The van der Waals surface area contributed by atoms with Gasteiger partial charge in [-0.25, -0.2) is 39.9 Å². The number of halogens is 2. The first kappa shape index (κ1) is 43.4. The van der Waals surface area contributed by atoms with Crippen LogP contribution < -0.4 is 32.1 Å². The van der Waals surface area contributed by atoms with E-state index in [2.05, 4.69) is 48.5 Å². The molecular formula is C44H42Cl2N14O4. The van der Waals surface area contributed by atoms with Crippen LogP contribution in [0.1, 0.15) is 0 Å². The molecule has 10 rings (SSSR count). The number of anilines is 4. The molecule has 0 atom stereocenters. The van der Waals surface area contributed by atoms with Crippen LogP contribution in [-0.2, 0) is 9.47 Å². The molecule has 2 aliphatic rings. The van der Waals surface area contributed by atoms with Crippen molar-refractivity contribution in [3.63, 3.8) is 0 Å². The maximum atomic E-state index is 11.4. The van der Waals surface area contributed by atoms with Gasteiger partial charge in [0.25, 0.3) is 0 Å². The molecular weight excluding hydrogens is 859 g/mol. The Balaban J connectivity index is 0.000000163. The molecule has 20 heteroatoms. The standard InChI is InChI=1S/C22H22N8O2.C21H20N6O.CCl2O/c23-28-22(31)25-16-8-6-15(7-9-16)19-26-20(29-10-12-32-13-11-29)18-14-24-30(21(18)27-19)17-4-2-1-3-5-17;22-16-8-6-15(7-9-16)19-24-20(26-10-12-28-13-11-26)18-14-23-27(21(18)25-19)17-4-2-1-3-5-17;2-1(3)4/h1-9,14H,10-13,23H2,(H2,25,28,31);1-9,14H,10-13,22H2;. The smallest absolute Gasteiger partial charge is 0.333 e. The van der Waals surface area contributed by atoms with Gasteiger partial charge in [0.05, 0.1) is 61.0 Å². The summed E-state index contributed by atoms with van der Waals surface area (Å²) in [6.45, 7) is 5.77. The molecule has 6 heterocycles. The summed E-state index contributed by atoms with van der Waals surface area (Å²) in [5, 5.41) is 13.7. The van der Waals surface area contributed by atoms with Crippen molar-refractivity contribution in [2.45, 2.75) is 0 Å². The highest BCUT2D eigenvalue weighted by atomic mass is 35.5. The fraction of sp³-hybridized carbons (Fsp3) is 0.182. The summed E-state index contributed by atoms with van der Waals surface area (Å²) < 4.78 is 13.8. The molecule has 0 saturated carbocycles. The molecule has 4 aromatic heterocycles. The second-order valence-electron chi connectivity index (χ2n) is 14.2. The van der Waals surface area contributed by atoms with E-state index < -0.39 is 10.7 Å². The molecule has 2 amide bonds. The zero-order valence-corrected chi connectivity index (χ0v) is 35.7. The highest BCUT2D eigenvalue weighted by molar-refractivity contribution is 6.93. The number of carbonyl (C=O) groups is 2. The number of ether oxygens (including phenoxy) is 2. The summed E-state index contributed by atoms with van der Waals surface area (Å²) in [4.78, 5) is 44.4. The first-order chi connectivity index (χ1) is 31.2. The van der Waals surface area contributed by atoms with Crippen molar-refractivity contribution >= 4 is 79.0 Å². The number of aromatic nitrogens is 8. The van der Waals surface area contributed by atoms with Gasteiger partial charge in [-0.3, -0.25) is 10.2 Å². The lowest BCUT2D eigenvalue weighted by Crippen LogP contribution is -2.37. The second kappa shape index (κ2) is 20.3. The Morgan fingerprint density at radius 3 is 1.39 bits per heavy atom. The van der Waals surface area contributed by atoms with Crippen LogP contribution >= 0.6 is 23.2 Å². The number of rotatable bonds is 7. The number of nitrogens with zero attached hydrogens (tertiary/aromatic N) is 10. The summed E-state index contributed by atoms with van der Waals surface area (Å²) in [5.41, 5.74) is 14.4. The maximum Gasteiger partial charge on any atom is 0.333 e. The zero-order chi connectivity index (χ0) is 44.4. The Labute approximate surface area is 376 Å². The summed E-state index contributed by atoms with van der Waals surface area (Å²) >= 11 is 8.80. The molecule has 2 saturated heterocycles. The van der Waals surface area contributed by atoms with Crippen molar-refractivity contribution in [1.29, 1.82) is 0 Å². The lowest BCUT2D eigenvalue weighted by Gasteiger charge is -2.28. The molecule has 4 aromatic carbocycles. The van der Waals surface area contributed by atoms with Gasteiger partial charge in [0.15, 0.2) is 22.9 Å². The fourth-order valence-electron chi connectivity index (χ4n) is 7.10. The van der Waals surface area contributed by atoms with E-state index in [4.69, 9.17) is 45.8 Å². The van der Waals surface area contributed by atoms with Crippen molar-refractivity contribution in [2.24, 2.45) is 5.84 Å². The summed E-state index contributed by atoms with van der Waals surface area (Å²) in [5.74, 6) is 8.09. The lowest BCUT2D eigenvalue weighted by molar-refractivity contribution is 0.122. The van der Waals surface area contributed by atoms with Crippen molar-refractivity contribution < 1.29 is 19.1 Å². The first-order valence-electron chi connectivity index (χ1n) is 20.1. The van der Waals surface area contributed by atoms with Crippen LogP contribution in [0.3, 0.4) is 0 Å². The number of hydrogen-bond donors (Lipinski definition) is 4. The van der Waals surface area contributed by atoms with Crippen LogP contribution in [0.15, 0.2) is 122 Å². The predicted molar refractivity (Wildman–Crippen MR) is 248 cm³/mol. The Kier molecular flexibility index (Phi) is 13.8. The van der Waals surface area contributed by atoms with Crippen LogP contribution in [0.25, 0.3) is 56.2 Å². The quantitative estimate of drug-likeness (QED) is 0.0425. The Bertz CT molecular complexity index is 2830. The fourth-order valence-corrected chi connectivity index (χ4v) is 7.10. The van der Waals surface area contributed by atoms with E-state index in [1.54, 1.807) is 12.1 Å². The van der Waals surface area contributed by atoms with Gasteiger partial charge in [-0.15, -0.1) is 0 Å². The normalized spacial score (nSPS) is 13.7. The van der Waals surface area contributed by atoms with E-state index >= 15 is 0 Å². The number of hydrogen-bond acceptors (Lipinski definition) is 14. The Hall–Kier alpha value is -7.22. The molecule has 0 bridgehead atoms. The molecule has 8 aromatic rings. The molecule has 326 valence electrons. The van der Waals surface area contributed by atoms with Gasteiger partial charge >= 0.3 is 10.7 Å². The number of hydrazine groups is 1. The minimum absolute atomic E-state index is 0.489. The molecule has 0 radical (unpaired) electrons. The number of urea groups is 1. The first-order valence-corrected chi connectivity index (χ1v) is 20.9. The number of nitrogens with one attached hydrogen (secondary N) is 2. The average molecular weight is 902 g/mol. The van der Waals surface area contributed by atoms with E-state index in [0.717, 1.165) is 82.4 Å². The van der Waals surface area contributed by atoms with Crippen molar-refractivity contribution in [3.8, 4) is 34.2 Å².